The molecule has 1 aromatic rings. The van der Waals surface area contributed by atoms with Gasteiger partial charge in [0.05, 0.1) is 13.2 Å². The van der Waals surface area contributed by atoms with Crippen LogP contribution in [0.3, 0.4) is 0 Å². The highest BCUT2D eigenvalue weighted by Gasteiger charge is 2.42. The number of benzene rings is 1. The number of alkyl carbamates (subject to hydrolysis) is 1. The summed E-state index contributed by atoms with van der Waals surface area (Å²) in [6, 6.07) is 9.93. The zero-order valence-electron chi connectivity index (χ0n) is 18.1. The lowest BCUT2D eigenvalue weighted by Gasteiger charge is -2.43. The summed E-state index contributed by atoms with van der Waals surface area (Å²) in [7, 11) is 0. The Balaban J connectivity index is 1.16. The lowest BCUT2D eigenvalue weighted by atomic mass is 9.73. The molecule has 5 nitrogen and oxygen atoms in total. The van der Waals surface area contributed by atoms with Crippen molar-refractivity contribution in [1.82, 2.24) is 10.2 Å². The molecule has 3 fully saturated rings. The number of piperidine rings is 1. The van der Waals surface area contributed by atoms with Gasteiger partial charge in [-0.25, -0.2) is 4.79 Å². The van der Waals surface area contributed by atoms with E-state index in [1.807, 2.05) is 0 Å². The minimum atomic E-state index is -0.253. The normalized spacial score (nSPS) is 31.3. The molecular formula is C25H36N2O3. The van der Waals surface area contributed by atoms with E-state index < -0.39 is 0 Å². The first-order valence-corrected chi connectivity index (χ1v) is 12.1. The summed E-state index contributed by atoms with van der Waals surface area (Å²) in [5.74, 6) is 0. The molecule has 1 saturated carbocycles. The number of carbonyl (C=O) groups excluding carboxylic acids is 1. The van der Waals surface area contributed by atoms with E-state index in [0.717, 1.165) is 19.3 Å². The van der Waals surface area contributed by atoms with E-state index in [-0.39, 0.29) is 18.2 Å². The van der Waals surface area contributed by atoms with E-state index in [0.29, 0.717) is 24.7 Å². The molecule has 2 unspecified atom stereocenters. The first-order valence-electron chi connectivity index (χ1n) is 12.1. The fraction of sp³-hybridized carbons (Fsp3) is 0.720. The molecule has 1 aromatic carbocycles. The van der Waals surface area contributed by atoms with Gasteiger partial charge in [-0.15, -0.1) is 0 Å². The smallest absolute Gasteiger partial charge is 0.407 e. The van der Waals surface area contributed by atoms with Gasteiger partial charge in [-0.1, -0.05) is 37.1 Å². The highest BCUT2D eigenvalue weighted by Crippen LogP contribution is 2.46. The quantitative estimate of drug-likeness (QED) is 0.757. The van der Waals surface area contributed by atoms with Crippen molar-refractivity contribution < 1.29 is 14.3 Å². The fourth-order valence-electron chi connectivity index (χ4n) is 6.36. The van der Waals surface area contributed by atoms with Crippen LogP contribution in [0.5, 0.6) is 0 Å². The Morgan fingerprint density at radius 1 is 1.10 bits per heavy atom. The number of nitrogens with one attached hydrogen (secondary N) is 1. The number of rotatable bonds is 3. The first kappa shape index (κ1) is 20.3. The molecule has 1 amide bonds. The topological polar surface area (TPSA) is 50.8 Å². The van der Waals surface area contributed by atoms with Crippen LogP contribution in [0.2, 0.25) is 0 Å². The Bertz CT molecular complexity index is 738. The maximum atomic E-state index is 12.3. The molecule has 0 radical (unpaired) electrons. The Kier molecular flexibility index (Phi) is 6.01. The number of carbonyl (C=O) groups is 1. The van der Waals surface area contributed by atoms with Gasteiger partial charge in [-0.05, 0) is 74.6 Å². The van der Waals surface area contributed by atoms with Crippen LogP contribution in [0.25, 0.3) is 0 Å². The van der Waals surface area contributed by atoms with Crippen molar-refractivity contribution >= 4 is 6.09 Å². The molecule has 2 saturated heterocycles. The van der Waals surface area contributed by atoms with Crippen LogP contribution in [0.4, 0.5) is 4.79 Å². The third-order valence-corrected chi connectivity index (χ3v) is 8.11. The molecule has 30 heavy (non-hydrogen) atoms. The summed E-state index contributed by atoms with van der Waals surface area (Å²) < 4.78 is 10.9. The van der Waals surface area contributed by atoms with Gasteiger partial charge < -0.3 is 19.7 Å². The van der Waals surface area contributed by atoms with Crippen molar-refractivity contribution in [3.63, 3.8) is 0 Å². The average Bonchev–Trinajstić information content (AvgIpc) is 3.32. The largest absolute Gasteiger partial charge is 0.444 e. The molecule has 2 aliphatic carbocycles. The fourth-order valence-corrected chi connectivity index (χ4v) is 6.36. The molecule has 4 aliphatic rings. The third-order valence-electron chi connectivity index (χ3n) is 8.11. The monoisotopic (exact) mass is 412 g/mol. The van der Waals surface area contributed by atoms with Crippen LogP contribution in [-0.2, 0) is 21.3 Å². The van der Waals surface area contributed by atoms with Crippen LogP contribution in [0, 0.1) is 0 Å². The number of amides is 1. The number of nitrogens with zero attached hydrogens (tertiary/aromatic N) is 1. The first-order chi connectivity index (χ1) is 14.7. The van der Waals surface area contributed by atoms with E-state index in [1.165, 1.54) is 58.0 Å². The highest BCUT2D eigenvalue weighted by molar-refractivity contribution is 5.67. The number of likely N-dealkylation sites (tertiary alicyclic amines) is 1. The van der Waals surface area contributed by atoms with Gasteiger partial charge in [-0.2, -0.15) is 0 Å². The van der Waals surface area contributed by atoms with Crippen molar-refractivity contribution in [2.24, 2.45) is 0 Å². The number of hydrogen-bond acceptors (Lipinski definition) is 4. The van der Waals surface area contributed by atoms with Crippen molar-refractivity contribution in [1.29, 1.82) is 0 Å². The van der Waals surface area contributed by atoms with Gasteiger partial charge >= 0.3 is 6.09 Å². The number of fused-ring (bicyclic) bond motifs is 2. The van der Waals surface area contributed by atoms with Gasteiger partial charge in [0.15, 0.2) is 0 Å². The molecule has 5 heteroatoms. The molecule has 0 aromatic heterocycles. The van der Waals surface area contributed by atoms with Gasteiger partial charge in [0.25, 0.3) is 0 Å². The van der Waals surface area contributed by atoms with Gasteiger partial charge in [0.2, 0.25) is 0 Å². The minimum absolute atomic E-state index is 0.0702. The SMILES string of the molecule is O=C(NC1CCCCC(N2CCC3(CCc4ccccc43)CC2)C1)O[C@@H]1CCOC1. The molecule has 2 heterocycles. The summed E-state index contributed by atoms with van der Waals surface area (Å²) >= 11 is 0. The van der Waals surface area contributed by atoms with Crippen molar-refractivity contribution in [2.45, 2.75) is 87.8 Å². The summed E-state index contributed by atoms with van der Waals surface area (Å²) in [5.41, 5.74) is 3.63. The second-order valence-corrected chi connectivity index (χ2v) is 9.88. The van der Waals surface area contributed by atoms with E-state index in [1.54, 1.807) is 11.1 Å². The molecule has 1 N–H and O–H groups in total. The number of ether oxygens (including phenoxy) is 2. The highest BCUT2D eigenvalue weighted by atomic mass is 16.6. The molecule has 164 valence electrons. The van der Waals surface area contributed by atoms with Gasteiger partial charge in [0.1, 0.15) is 6.10 Å². The molecule has 3 atom stereocenters. The van der Waals surface area contributed by atoms with Crippen molar-refractivity contribution in [3.05, 3.63) is 35.4 Å². The zero-order chi connectivity index (χ0) is 20.4. The Hall–Kier alpha value is -1.59. The van der Waals surface area contributed by atoms with Gasteiger partial charge in [-0.3, -0.25) is 0 Å². The van der Waals surface area contributed by atoms with Crippen LogP contribution in [0.15, 0.2) is 24.3 Å². The summed E-state index contributed by atoms with van der Waals surface area (Å²) in [6.07, 6.45) is 11.5. The predicted molar refractivity (Wildman–Crippen MR) is 117 cm³/mol. The van der Waals surface area contributed by atoms with E-state index in [2.05, 4.69) is 34.5 Å². The van der Waals surface area contributed by atoms with Crippen LogP contribution in [-0.4, -0.2) is 55.5 Å². The molecule has 0 bridgehead atoms. The number of aryl methyl sites for hydroxylation is 1. The maximum Gasteiger partial charge on any atom is 0.407 e. The van der Waals surface area contributed by atoms with Crippen LogP contribution in [0.1, 0.15) is 68.9 Å². The second-order valence-electron chi connectivity index (χ2n) is 9.88. The standard InChI is InChI=1S/C25H36N2O3/c28-24(30-22-10-16-29-18-22)26-20-6-2-3-7-21(17-20)27-14-12-25(13-15-27)11-9-19-5-1-4-8-23(19)25/h1,4-5,8,20-22H,2-3,6-7,9-18H2,(H,26,28)/t20?,21?,22-/m1/s1. The van der Waals surface area contributed by atoms with Gasteiger partial charge in [0, 0.05) is 18.5 Å². The summed E-state index contributed by atoms with van der Waals surface area (Å²) in [6.45, 7) is 3.62. The molecule has 1 spiro atoms. The zero-order valence-corrected chi connectivity index (χ0v) is 18.1. The lowest BCUT2D eigenvalue weighted by Crippen LogP contribution is -2.48. The molecular weight excluding hydrogens is 376 g/mol. The van der Waals surface area contributed by atoms with Crippen LogP contribution >= 0.6 is 0 Å². The Morgan fingerprint density at radius 2 is 1.93 bits per heavy atom. The molecule has 2 aliphatic heterocycles. The average molecular weight is 413 g/mol. The summed E-state index contributed by atoms with van der Waals surface area (Å²) in [4.78, 5) is 15.1. The minimum Gasteiger partial charge on any atom is -0.444 e. The lowest BCUT2D eigenvalue weighted by molar-refractivity contribution is 0.0763. The van der Waals surface area contributed by atoms with Crippen molar-refractivity contribution in [3.8, 4) is 0 Å². The Labute approximate surface area is 180 Å². The third kappa shape index (κ3) is 4.24. The van der Waals surface area contributed by atoms with Crippen LogP contribution < -0.4 is 5.32 Å². The second kappa shape index (κ2) is 8.88. The predicted octanol–water partition coefficient (Wildman–Crippen LogP) is 4.18. The van der Waals surface area contributed by atoms with E-state index >= 15 is 0 Å². The van der Waals surface area contributed by atoms with E-state index in [9.17, 15) is 4.79 Å². The van der Waals surface area contributed by atoms with Crippen molar-refractivity contribution in [2.75, 3.05) is 26.3 Å². The van der Waals surface area contributed by atoms with E-state index in [4.69, 9.17) is 9.47 Å². The number of hydrogen-bond donors (Lipinski definition) is 1. The maximum absolute atomic E-state index is 12.3. The Morgan fingerprint density at radius 3 is 2.77 bits per heavy atom. The molecule has 5 rings (SSSR count). The summed E-state index contributed by atoms with van der Waals surface area (Å²) in [5, 5.41) is 3.17.